The molecule has 0 fully saturated rings. The Morgan fingerprint density at radius 1 is 1.42 bits per heavy atom. The number of aromatic nitrogens is 6. The van der Waals surface area contributed by atoms with Gasteiger partial charge in [-0.3, -0.25) is 4.57 Å². The van der Waals surface area contributed by atoms with Crippen molar-refractivity contribution < 1.29 is 4.52 Å². The quantitative estimate of drug-likeness (QED) is 0.690. The fraction of sp³-hybridized carbons (Fsp3) is 0.300. The summed E-state index contributed by atoms with van der Waals surface area (Å²) >= 11 is 1.45. The van der Waals surface area contributed by atoms with E-state index in [0.717, 1.165) is 5.69 Å². The summed E-state index contributed by atoms with van der Waals surface area (Å²) in [4.78, 5) is 20.1. The van der Waals surface area contributed by atoms with Crippen LogP contribution < -0.4 is 5.69 Å². The number of thiazole rings is 1. The fourth-order valence-electron chi connectivity index (χ4n) is 1.52. The maximum Gasteiger partial charge on any atom is 0.345 e. The Morgan fingerprint density at radius 3 is 2.89 bits per heavy atom. The first-order valence-corrected chi connectivity index (χ1v) is 6.35. The van der Waals surface area contributed by atoms with Gasteiger partial charge in [-0.2, -0.15) is 10.1 Å². The van der Waals surface area contributed by atoms with Crippen molar-refractivity contribution in [3.8, 4) is 10.8 Å². The second-order valence-electron chi connectivity index (χ2n) is 3.99. The molecule has 19 heavy (non-hydrogen) atoms. The maximum atomic E-state index is 11.6. The molecular weight excluding hydrogens is 268 g/mol. The lowest BCUT2D eigenvalue weighted by molar-refractivity contribution is 0.364. The highest BCUT2D eigenvalue weighted by Crippen LogP contribution is 2.20. The summed E-state index contributed by atoms with van der Waals surface area (Å²) in [5, 5.41) is 10.4. The van der Waals surface area contributed by atoms with Gasteiger partial charge in [0, 0.05) is 18.1 Å². The molecule has 0 aliphatic carbocycles. The van der Waals surface area contributed by atoms with Gasteiger partial charge in [0.05, 0.1) is 0 Å². The normalized spacial score (nSPS) is 11.1. The molecule has 0 saturated heterocycles. The lowest BCUT2D eigenvalue weighted by Crippen LogP contribution is -2.23. The van der Waals surface area contributed by atoms with Crippen molar-refractivity contribution >= 4 is 11.3 Å². The first-order chi connectivity index (χ1) is 9.13. The highest BCUT2D eigenvalue weighted by atomic mass is 32.1. The lowest BCUT2D eigenvalue weighted by atomic mass is 10.5. The molecule has 0 amide bonds. The van der Waals surface area contributed by atoms with E-state index in [2.05, 4.69) is 20.2 Å². The van der Waals surface area contributed by atoms with Gasteiger partial charge in [-0.1, -0.05) is 5.16 Å². The Bertz CT molecular complexity index is 767. The van der Waals surface area contributed by atoms with Gasteiger partial charge in [0.25, 0.3) is 0 Å². The Kier molecular flexibility index (Phi) is 2.75. The second kappa shape index (κ2) is 4.43. The van der Waals surface area contributed by atoms with E-state index in [1.54, 1.807) is 7.05 Å². The van der Waals surface area contributed by atoms with Gasteiger partial charge in [-0.25, -0.2) is 14.5 Å². The monoisotopic (exact) mass is 278 g/mol. The topological polar surface area (TPSA) is 91.6 Å². The molecule has 3 aromatic heterocycles. The van der Waals surface area contributed by atoms with Gasteiger partial charge < -0.3 is 4.52 Å². The third-order valence-corrected chi connectivity index (χ3v) is 3.41. The smallest absolute Gasteiger partial charge is 0.337 e. The molecule has 8 nitrogen and oxygen atoms in total. The summed E-state index contributed by atoms with van der Waals surface area (Å²) in [6, 6.07) is 0. The van der Waals surface area contributed by atoms with E-state index in [4.69, 9.17) is 4.52 Å². The van der Waals surface area contributed by atoms with E-state index >= 15 is 0 Å². The predicted molar refractivity (Wildman–Crippen MR) is 66.7 cm³/mol. The van der Waals surface area contributed by atoms with Crippen molar-refractivity contribution in [2.24, 2.45) is 7.05 Å². The first-order valence-electron chi connectivity index (χ1n) is 5.47. The van der Waals surface area contributed by atoms with Crippen LogP contribution in [-0.2, 0) is 13.6 Å². The van der Waals surface area contributed by atoms with Crippen LogP contribution in [0.1, 0.15) is 11.6 Å². The SMILES string of the molecule is Cc1csc(-c2noc(Cn3ncn(C)c3=O)n2)n1. The van der Waals surface area contributed by atoms with Gasteiger partial charge in [0.2, 0.25) is 11.7 Å². The molecule has 0 bridgehead atoms. The van der Waals surface area contributed by atoms with Crippen molar-refractivity contribution in [1.82, 2.24) is 29.5 Å². The molecule has 3 heterocycles. The van der Waals surface area contributed by atoms with Crippen molar-refractivity contribution in [1.29, 1.82) is 0 Å². The Morgan fingerprint density at radius 2 is 2.26 bits per heavy atom. The molecule has 0 unspecified atom stereocenters. The van der Waals surface area contributed by atoms with Gasteiger partial charge >= 0.3 is 5.69 Å². The van der Waals surface area contributed by atoms with Crippen LogP contribution in [0.2, 0.25) is 0 Å². The molecule has 0 N–H and O–H groups in total. The first kappa shape index (κ1) is 11.8. The number of rotatable bonds is 3. The highest BCUT2D eigenvalue weighted by molar-refractivity contribution is 7.13. The van der Waals surface area contributed by atoms with Gasteiger partial charge in [0.1, 0.15) is 12.9 Å². The van der Waals surface area contributed by atoms with Crippen LogP contribution in [0.15, 0.2) is 21.0 Å². The van der Waals surface area contributed by atoms with E-state index in [9.17, 15) is 4.79 Å². The molecule has 0 aromatic carbocycles. The van der Waals surface area contributed by atoms with Crippen molar-refractivity contribution in [2.75, 3.05) is 0 Å². The zero-order chi connectivity index (χ0) is 13.4. The minimum atomic E-state index is -0.232. The highest BCUT2D eigenvalue weighted by Gasteiger charge is 2.13. The fourth-order valence-corrected chi connectivity index (χ4v) is 2.24. The van der Waals surface area contributed by atoms with Crippen LogP contribution >= 0.6 is 11.3 Å². The number of hydrogen-bond donors (Lipinski definition) is 0. The summed E-state index contributed by atoms with van der Waals surface area (Å²) < 4.78 is 7.72. The van der Waals surface area contributed by atoms with E-state index in [-0.39, 0.29) is 12.2 Å². The van der Waals surface area contributed by atoms with E-state index in [1.807, 2.05) is 12.3 Å². The van der Waals surface area contributed by atoms with E-state index in [1.165, 1.54) is 26.9 Å². The molecule has 3 rings (SSSR count). The van der Waals surface area contributed by atoms with Crippen LogP contribution in [0.25, 0.3) is 10.8 Å². The number of hydrogen-bond acceptors (Lipinski definition) is 7. The molecule has 0 radical (unpaired) electrons. The Labute approximate surface area is 111 Å². The van der Waals surface area contributed by atoms with Crippen LogP contribution in [0.4, 0.5) is 0 Å². The minimum Gasteiger partial charge on any atom is -0.337 e. The molecule has 9 heteroatoms. The van der Waals surface area contributed by atoms with E-state index < -0.39 is 0 Å². The third-order valence-electron chi connectivity index (χ3n) is 2.45. The predicted octanol–water partition coefficient (Wildman–Crippen LogP) is 0.445. The van der Waals surface area contributed by atoms with Gasteiger partial charge in [-0.15, -0.1) is 11.3 Å². The van der Waals surface area contributed by atoms with E-state index in [0.29, 0.717) is 16.7 Å². The average Bonchev–Trinajstić information content (AvgIpc) is 3.07. The Hall–Kier alpha value is -2.29. The van der Waals surface area contributed by atoms with Crippen LogP contribution in [0, 0.1) is 6.92 Å². The van der Waals surface area contributed by atoms with Crippen LogP contribution in [0.3, 0.4) is 0 Å². The van der Waals surface area contributed by atoms with Crippen LogP contribution in [-0.4, -0.2) is 29.5 Å². The summed E-state index contributed by atoms with van der Waals surface area (Å²) in [5.41, 5.74) is 0.678. The van der Waals surface area contributed by atoms with Crippen molar-refractivity contribution in [3.63, 3.8) is 0 Å². The zero-order valence-corrected chi connectivity index (χ0v) is 11.1. The molecule has 0 atom stereocenters. The minimum absolute atomic E-state index is 0.150. The Balaban J connectivity index is 1.86. The van der Waals surface area contributed by atoms with Crippen molar-refractivity contribution in [2.45, 2.75) is 13.5 Å². The molecule has 0 aliphatic heterocycles. The summed E-state index contributed by atoms with van der Waals surface area (Å²) in [5.74, 6) is 0.751. The molecule has 0 aliphatic rings. The van der Waals surface area contributed by atoms with Crippen molar-refractivity contribution in [3.05, 3.63) is 33.8 Å². The molecule has 0 spiro atoms. The average molecular weight is 278 g/mol. The molecule has 98 valence electrons. The van der Waals surface area contributed by atoms with Gasteiger partial charge in [-0.05, 0) is 6.92 Å². The molecule has 0 saturated carbocycles. The summed E-state index contributed by atoms with van der Waals surface area (Å²) in [6.07, 6.45) is 1.43. The molecule has 3 aromatic rings. The standard InChI is InChI=1S/C10H10N6O2S/c1-6-4-19-9(12-6)8-13-7(18-14-8)3-16-10(17)15(2)5-11-16/h4-5H,3H2,1-2H3. The number of aryl methyl sites for hydroxylation is 2. The van der Waals surface area contributed by atoms with Gasteiger partial charge in [0.15, 0.2) is 5.01 Å². The number of nitrogens with zero attached hydrogens (tertiary/aromatic N) is 6. The molecular formula is C10H10N6O2S. The third kappa shape index (κ3) is 2.19. The second-order valence-corrected chi connectivity index (χ2v) is 4.85. The van der Waals surface area contributed by atoms with Crippen LogP contribution in [0.5, 0.6) is 0 Å². The summed E-state index contributed by atoms with van der Waals surface area (Å²) in [6.45, 7) is 2.05. The largest absolute Gasteiger partial charge is 0.345 e. The lowest BCUT2D eigenvalue weighted by Gasteiger charge is -1.91. The zero-order valence-electron chi connectivity index (χ0n) is 10.3. The maximum absolute atomic E-state index is 11.6. The summed E-state index contributed by atoms with van der Waals surface area (Å²) in [7, 11) is 1.63.